The third kappa shape index (κ3) is 6.54. The van der Waals surface area contributed by atoms with Crippen LogP contribution >= 0.6 is 11.6 Å². The van der Waals surface area contributed by atoms with Crippen LogP contribution in [0.1, 0.15) is 45.4 Å². The lowest BCUT2D eigenvalue weighted by Crippen LogP contribution is -2.37. The maximum absolute atomic E-state index is 13.3. The molecule has 4 rings (SSSR count). The maximum Gasteiger partial charge on any atom is 0.281 e. The number of halogens is 1. The van der Waals surface area contributed by atoms with Gasteiger partial charge in [0.15, 0.2) is 5.03 Å². The van der Waals surface area contributed by atoms with Crippen LogP contribution in [-0.2, 0) is 10.0 Å². The van der Waals surface area contributed by atoms with Crippen molar-refractivity contribution in [2.75, 3.05) is 30.3 Å². The van der Waals surface area contributed by atoms with Gasteiger partial charge in [-0.3, -0.25) is 4.79 Å². The number of piperidine rings is 1. The number of nitrogen functional groups attached to an aromatic ring is 1. The Morgan fingerprint density at radius 1 is 1.18 bits per heavy atom. The van der Waals surface area contributed by atoms with Crippen molar-refractivity contribution in [3.8, 4) is 17.0 Å². The number of anilines is 2. The van der Waals surface area contributed by atoms with E-state index in [0.29, 0.717) is 53.8 Å². The molecule has 1 aromatic carbocycles. The first-order chi connectivity index (χ1) is 18.0. The van der Waals surface area contributed by atoms with Gasteiger partial charge in [-0.05, 0) is 61.1 Å². The number of nitrogens with one attached hydrogen (secondary N) is 1. The Morgan fingerprint density at radius 2 is 1.92 bits per heavy atom. The van der Waals surface area contributed by atoms with Crippen molar-refractivity contribution in [2.45, 2.75) is 38.6 Å². The highest BCUT2D eigenvalue weighted by atomic mass is 35.5. The number of amides is 1. The van der Waals surface area contributed by atoms with Crippen molar-refractivity contribution in [1.29, 1.82) is 0 Å². The minimum absolute atomic E-state index is 0. The smallest absolute Gasteiger partial charge is 0.281 e. The van der Waals surface area contributed by atoms with E-state index < -0.39 is 15.9 Å². The minimum atomic E-state index is -4.24. The molecule has 1 fully saturated rings. The van der Waals surface area contributed by atoms with Crippen molar-refractivity contribution >= 4 is 39.2 Å². The number of carbonyl (C=O) groups is 1. The largest absolute Gasteiger partial charge is 0.492 e. The number of ether oxygens (including phenoxy) is 1. The van der Waals surface area contributed by atoms with Gasteiger partial charge in [0.2, 0.25) is 0 Å². The highest BCUT2D eigenvalue weighted by Crippen LogP contribution is 2.33. The lowest BCUT2D eigenvalue weighted by Gasteiger charge is -2.32. The SMILES string of the molecule is CC(C)COc1cc(-c2ccc(C(=O)NS(=O)(=O)c3cccc(N)n3)c(N3CCC(C)CC3)n2)ccc1Cl.[HH]. The van der Waals surface area contributed by atoms with E-state index in [0.717, 1.165) is 18.4 Å². The van der Waals surface area contributed by atoms with E-state index in [-0.39, 0.29) is 17.8 Å². The van der Waals surface area contributed by atoms with Gasteiger partial charge in [-0.2, -0.15) is 8.42 Å². The normalized spacial score (nSPS) is 14.5. The number of pyridine rings is 2. The summed E-state index contributed by atoms with van der Waals surface area (Å²) in [6.07, 6.45) is 1.87. The first-order valence-electron chi connectivity index (χ1n) is 12.5. The van der Waals surface area contributed by atoms with Gasteiger partial charge >= 0.3 is 0 Å². The molecule has 38 heavy (non-hydrogen) atoms. The van der Waals surface area contributed by atoms with Crippen LogP contribution in [0.4, 0.5) is 11.6 Å². The first kappa shape index (κ1) is 27.7. The predicted octanol–water partition coefficient (Wildman–Crippen LogP) is 5.02. The molecule has 0 bridgehead atoms. The third-order valence-electron chi connectivity index (χ3n) is 6.25. The van der Waals surface area contributed by atoms with Crippen LogP contribution in [0.15, 0.2) is 53.6 Å². The minimum Gasteiger partial charge on any atom is -0.492 e. The molecule has 0 atom stereocenters. The summed E-state index contributed by atoms with van der Waals surface area (Å²) < 4.78 is 33.7. The lowest BCUT2D eigenvalue weighted by molar-refractivity contribution is 0.0981. The summed E-state index contributed by atoms with van der Waals surface area (Å²) in [6, 6.07) is 12.9. The van der Waals surface area contributed by atoms with Crippen LogP contribution in [0.5, 0.6) is 5.75 Å². The van der Waals surface area contributed by atoms with E-state index in [2.05, 4.69) is 30.5 Å². The molecular formula is C27H34ClN5O4S. The fourth-order valence-electron chi connectivity index (χ4n) is 4.09. The quantitative estimate of drug-likeness (QED) is 0.394. The van der Waals surface area contributed by atoms with Gasteiger partial charge in [0.25, 0.3) is 15.9 Å². The molecule has 1 aliphatic heterocycles. The van der Waals surface area contributed by atoms with Crippen LogP contribution in [0.3, 0.4) is 0 Å². The number of sulfonamides is 1. The molecule has 1 aliphatic rings. The van der Waals surface area contributed by atoms with Crippen molar-refractivity contribution in [1.82, 2.24) is 14.7 Å². The third-order valence-corrected chi connectivity index (χ3v) is 7.79. The highest BCUT2D eigenvalue weighted by molar-refractivity contribution is 7.90. The molecule has 3 aromatic rings. The van der Waals surface area contributed by atoms with Gasteiger partial charge < -0.3 is 15.4 Å². The number of aromatic nitrogens is 2. The Bertz CT molecular complexity index is 1430. The number of hydrogen-bond donors (Lipinski definition) is 2. The van der Waals surface area contributed by atoms with E-state index in [1.54, 1.807) is 18.2 Å². The molecule has 204 valence electrons. The second kappa shape index (κ2) is 11.6. The van der Waals surface area contributed by atoms with Crippen LogP contribution in [0, 0.1) is 11.8 Å². The summed E-state index contributed by atoms with van der Waals surface area (Å²) in [7, 11) is -4.24. The number of benzene rings is 1. The molecule has 0 aliphatic carbocycles. The Kier molecular flexibility index (Phi) is 8.42. The number of nitrogens with two attached hydrogens (primary N) is 1. The molecule has 2 aromatic heterocycles. The van der Waals surface area contributed by atoms with E-state index in [9.17, 15) is 13.2 Å². The van der Waals surface area contributed by atoms with Gasteiger partial charge in [-0.25, -0.2) is 14.7 Å². The maximum atomic E-state index is 13.3. The van der Waals surface area contributed by atoms with Crippen LogP contribution < -0.4 is 20.1 Å². The highest BCUT2D eigenvalue weighted by Gasteiger charge is 2.27. The number of rotatable bonds is 8. The fraction of sp³-hybridized carbons (Fsp3) is 0.370. The van der Waals surface area contributed by atoms with E-state index in [1.165, 1.54) is 18.2 Å². The molecule has 0 radical (unpaired) electrons. The second-order valence-electron chi connectivity index (χ2n) is 9.92. The zero-order chi connectivity index (χ0) is 27.4. The zero-order valence-corrected chi connectivity index (χ0v) is 23.2. The monoisotopic (exact) mass is 559 g/mol. The Balaban J connectivity index is 0.00000420. The lowest BCUT2D eigenvalue weighted by atomic mass is 9.98. The summed E-state index contributed by atoms with van der Waals surface area (Å²) in [5, 5.41) is 0.162. The molecule has 3 heterocycles. The van der Waals surface area contributed by atoms with E-state index in [4.69, 9.17) is 27.1 Å². The molecule has 1 saturated heterocycles. The molecule has 11 heteroatoms. The Labute approximate surface area is 229 Å². The molecule has 1 amide bonds. The summed E-state index contributed by atoms with van der Waals surface area (Å²) in [5.41, 5.74) is 7.17. The molecular weight excluding hydrogens is 526 g/mol. The van der Waals surface area contributed by atoms with Gasteiger partial charge in [0.1, 0.15) is 17.4 Å². The standard InChI is InChI=1S/C27H32ClN5O4S.H2/c1-17(2)16-37-23-15-19(7-9-21(23)28)22-10-8-20(26(30-22)33-13-11-18(3)12-14-33)27(34)32-38(35,36)25-6-4-5-24(29)31-25;/h4-10,15,17-18H,11-14,16H2,1-3H3,(H2,29,31)(H,32,34);1H. The number of nitrogens with zero attached hydrogens (tertiary/aromatic N) is 3. The molecule has 3 N–H and O–H groups in total. The molecule has 9 nitrogen and oxygen atoms in total. The van der Waals surface area contributed by atoms with Crippen LogP contribution in [0.2, 0.25) is 5.02 Å². The van der Waals surface area contributed by atoms with Crippen LogP contribution in [0.25, 0.3) is 11.3 Å². The average molecular weight is 560 g/mol. The number of carbonyl (C=O) groups excluding carboxylic acids is 1. The Morgan fingerprint density at radius 3 is 2.61 bits per heavy atom. The summed E-state index contributed by atoms with van der Waals surface area (Å²) in [6.45, 7) is 8.21. The van der Waals surface area contributed by atoms with Crippen molar-refractivity contribution in [3.05, 3.63) is 59.1 Å². The van der Waals surface area contributed by atoms with E-state index in [1.807, 2.05) is 17.0 Å². The topological polar surface area (TPSA) is 128 Å². The van der Waals surface area contributed by atoms with Gasteiger partial charge in [-0.1, -0.05) is 44.5 Å². The van der Waals surface area contributed by atoms with E-state index >= 15 is 0 Å². The van der Waals surface area contributed by atoms with Crippen LogP contribution in [-0.4, -0.2) is 44.0 Å². The van der Waals surface area contributed by atoms with Gasteiger partial charge in [0, 0.05) is 20.1 Å². The summed E-state index contributed by atoms with van der Waals surface area (Å²) in [5.74, 6) is 1.10. The molecule has 0 unspecified atom stereocenters. The first-order valence-corrected chi connectivity index (χ1v) is 14.4. The molecule has 0 saturated carbocycles. The fourth-order valence-corrected chi connectivity index (χ4v) is 5.20. The van der Waals surface area contributed by atoms with Gasteiger partial charge in [-0.15, -0.1) is 0 Å². The summed E-state index contributed by atoms with van der Waals surface area (Å²) in [4.78, 5) is 24.0. The van der Waals surface area contributed by atoms with Crippen molar-refractivity contribution in [2.24, 2.45) is 11.8 Å². The molecule has 0 spiro atoms. The summed E-state index contributed by atoms with van der Waals surface area (Å²) >= 11 is 6.35. The van der Waals surface area contributed by atoms with Crippen molar-refractivity contribution < 1.29 is 19.4 Å². The Hall–Kier alpha value is -3.37. The zero-order valence-electron chi connectivity index (χ0n) is 21.6. The predicted molar refractivity (Wildman–Crippen MR) is 151 cm³/mol. The average Bonchev–Trinajstić information content (AvgIpc) is 2.88. The van der Waals surface area contributed by atoms with Gasteiger partial charge in [0.05, 0.1) is 22.9 Å². The number of hydrogen-bond acceptors (Lipinski definition) is 8. The van der Waals surface area contributed by atoms with Crippen molar-refractivity contribution in [3.63, 3.8) is 0 Å². The second-order valence-corrected chi connectivity index (χ2v) is 12.0.